The summed E-state index contributed by atoms with van der Waals surface area (Å²) in [5, 5.41) is 4.70. The van der Waals surface area contributed by atoms with Crippen LogP contribution in [0.3, 0.4) is 0 Å². The fraction of sp³-hybridized carbons (Fsp3) is 0.786. The fourth-order valence-corrected chi connectivity index (χ4v) is 3.14. The van der Waals surface area contributed by atoms with Gasteiger partial charge in [-0.3, -0.25) is 0 Å². The fourth-order valence-electron chi connectivity index (χ4n) is 3.14. The van der Waals surface area contributed by atoms with Crippen LogP contribution in [0.5, 0.6) is 0 Å². The normalized spacial score (nSPS) is 26.4. The first-order valence-corrected chi connectivity index (χ1v) is 7.03. The van der Waals surface area contributed by atoms with Crippen molar-refractivity contribution in [2.24, 2.45) is 0 Å². The molecule has 1 spiro atoms. The van der Waals surface area contributed by atoms with E-state index in [1.165, 1.54) is 0 Å². The van der Waals surface area contributed by atoms with Crippen LogP contribution in [0.1, 0.15) is 51.6 Å². The van der Waals surface area contributed by atoms with E-state index in [4.69, 9.17) is 20.3 Å². The first kappa shape index (κ1) is 12.9. The van der Waals surface area contributed by atoms with Gasteiger partial charge in [-0.05, 0) is 27.2 Å². The highest BCUT2D eigenvalue weighted by molar-refractivity contribution is 5.34. The molecule has 5 heteroatoms. The summed E-state index contributed by atoms with van der Waals surface area (Å²) < 4.78 is 13.4. The topological polar surface area (TPSA) is 62.3 Å². The van der Waals surface area contributed by atoms with Crippen molar-refractivity contribution in [3.8, 4) is 0 Å². The molecule has 2 fully saturated rings. The van der Waals surface area contributed by atoms with Crippen molar-refractivity contribution in [3.05, 3.63) is 11.8 Å². The minimum absolute atomic E-state index is 0.0843. The third kappa shape index (κ3) is 2.25. The van der Waals surface area contributed by atoms with Gasteiger partial charge in [-0.1, -0.05) is 0 Å². The lowest BCUT2D eigenvalue weighted by Crippen LogP contribution is -2.26. The maximum Gasteiger partial charge on any atom is 0.169 e. The van der Waals surface area contributed by atoms with Crippen LogP contribution in [-0.2, 0) is 15.0 Å². The molecule has 1 unspecified atom stereocenters. The van der Waals surface area contributed by atoms with E-state index in [1.54, 1.807) is 0 Å². The molecule has 1 aliphatic heterocycles. The molecule has 1 atom stereocenters. The van der Waals surface area contributed by atoms with Gasteiger partial charge in [-0.15, -0.1) is 0 Å². The number of anilines is 1. The lowest BCUT2D eigenvalue weighted by atomic mass is 10.0. The van der Waals surface area contributed by atoms with Gasteiger partial charge in [0.1, 0.15) is 5.82 Å². The van der Waals surface area contributed by atoms with E-state index >= 15 is 0 Å². The summed E-state index contributed by atoms with van der Waals surface area (Å²) in [6, 6.07) is 2.00. The highest BCUT2D eigenvalue weighted by Crippen LogP contribution is 2.45. The summed E-state index contributed by atoms with van der Waals surface area (Å²) in [6.45, 7) is 7.76. The summed E-state index contributed by atoms with van der Waals surface area (Å²) in [7, 11) is 0. The zero-order chi connectivity index (χ0) is 13.7. The van der Waals surface area contributed by atoms with Crippen molar-refractivity contribution in [2.75, 3.05) is 18.9 Å². The quantitative estimate of drug-likeness (QED) is 0.845. The maximum atomic E-state index is 6.08. The Morgan fingerprint density at radius 3 is 2.63 bits per heavy atom. The lowest BCUT2D eigenvalue weighted by Gasteiger charge is -2.21. The van der Waals surface area contributed by atoms with Gasteiger partial charge >= 0.3 is 0 Å². The van der Waals surface area contributed by atoms with Crippen LogP contribution in [0, 0.1) is 0 Å². The second kappa shape index (κ2) is 4.21. The standard InChI is InChI=1S/C14H23N3O2/c1-13(2,3)17-12(15)8-11(16-17)10-4-5-14(9-10)18-6-7-19-14/h8,10H,4-7,9,15H2,1-3H3. The van der Waals surface area contributed by atoms with E-state index in [2.05, 4.69) is 20.8 Å². The molecule has 3 rings (SSSR count). The predicted molar refractivity (Wildman–Crippen MR) is 72.9 cm³/mol. The number of nitrogens with zero attached hydrogens (tertiary/aromatic N) is 2. The third-order valence-corrected chi connectivity index (χ3v) is 4.05. The summed E-state index contributed by atoms with van der Waals surface area (Å²) in [6.07, 6.45) is 2.91. The summed E-state index contributed by atoms with van der Waals surface area (Å²) >= 11 is 0. The Kier molecular flexibility index (Phi) is 2.87. The van der Waals surface area contributed by atoms with Crippen molar-refractivity contribution in [2.45, 2.75) is 57.3 Å². The average Bonchev–Trinajstić information content (AvgIpc) is 2.99. The Balaban J connectivity index is 1.81. The van der Waals surface area contributed by atoms with Crippen LogP contribution in [-0.4, -0.2) is 28.8 Å². The molecule has 1 aliphatic carbocycles. The minimum Gasteiger partial charge on any atom is -0.384 e. The van der Waals surface area contributed by atoms with Crippen LogP contribution < -0.4 is 5.73 Å². The van der Waals surface area contributed by atoms with Gasteiger partial charge in [0.05, 0.1) is 24.4 Å². The Labute approximate surface area is 114 Å². The molecule has 1 saturated carbocycles. The van der Waals surface area contributed by atoms with Gasteiger partial charge in [0.15, 0.2) is 5.79 Å². The van der Waals surface area contributed by atoms with E-state index in [1.807, 2.05) is 10.7 Å². The second-order valence-corrected chi connectivity index (χ2v) is 6.62. The van der Waals surface area contributed by atoms with Crippen LogP contribution >= 0.6 is 0 Å². The van der Waals surface area contributed by atoms with Gasteiger partial charge in [0.2, 0.25) is 0 Å². The molecule has 1 saturated heterocycles. The highest BCUT2D eigenvalue weighted by atomic mass is 16.7. The number of hydrogen-bond donors (Lipinski definition) is 1. The van der Waals surface area contributed by atoms with Crippen molar-refractivity contribution in [3.63, 3.8) is 0 Å². The molecule has 2 N–H and O–H groups in total. The Morgan fingerprint density at radius 1 is 1.37 bits per heavy atom. The van der Waals surface area contributed by atoms with Crippen LogP contribution in [0.15, 0.2) is 6.07 Å². The Hall–Kier alpha value is -1.07. The van der Waals surface area contributed by atoms with E-state index < -0.39 is 0 Å². The number of ether oxygens (including phenoxy) is 2. The minimum atomic E-state index is -0.342. The molecular weight excluding hydrogens is 242 g/mol. The van der Waals surface area contributed by atoms with E-state index in [9.17, 15) is 0 Å². The zero-order valence-corrected chi connectivity index (χ0v) is 12.0. The predicted octanol–water partition coefficient (Wildman–Crippen LogP) is 2.23. The van der Waals surface area contributed by atoms with Crippen LogP contribution in [0.4, 0.5) is 5.82 Å². The summed E-state index contributed by atoms with van der Waals surface area (Å²) in [4.78, 5) is 0. The number of nitrogen functional groups attached to an aromatic ring is 1. The molecule has 1 aromatic heterocycles. The second-order valence-electron chi connectivity index (χ2n) is 6.62. The average molecular weight is 265 g/mol. The number of hydrogen-bond acceptors (Lipinski definition) is 4. The molecule has 0 radical (unpaired) electrons. The van der Waals surface area contributed by atoms with Gasteiger partial charge in [-0.25, -0.2) is 4.68 Å². The van der Waals surface area contributed by atoms with Crippen molar-refractivity contribution in [1.82, 2.24) is 9.78 Å². The Bertz CT molecular complexity index is 470. The van der Waals surface area contributed by atoms with E-state index in [-0.39, 0.29) is 11.3 Å². The van der Waals surface area contributed by atoms with Crippen molar-refractivity contribution in [1.29, 1.82) is 0 Å². The summed E-state index contributed by atoms with van der Waals surface area (Å²) in [5.74, 6) is 0.783. The maximum absolute atomic E-state index is 6.08. The molecule has 106 valence electrons. The molecule has 2 aliphatic rings. The SMILES string of the molecule is CC(C)(C)n1nc(C2CCC3(C2)OCCO3)cc1N. The largest absolute Gasteiger partial charge is 0.384 e. The Morgan fingerprint density at radius 2 is 2.05 bits per heavy atom. The first-order chi connectivity index (χ1) is 8.90. The van der Waals surface area contributed by atoms with E-state index in [0.717, 1.165) is 30.8 Å². The lowest BCUT2D eigenvalue weighted by molar-refractivity contribution is -0.151. The molecule has 19 heavy (non-hydrogen) atoms. The molecule has 1 aromatic rings. The van der Waals surface area contributed by atoms with Gasteiger partial charge in [0, 0.05) is 24.8 Å². The summed E-state index contributed by atoms with van der Waals surface area (Å²) in [5.41, 5.74) is 7.07. The monoisotopic (exact) mass is 265 g/mol. The highest BCUT2D eigenvalue weighted by Gasteiger charge is 2.45. The van der Waals surface area contributed by atoms with Crippen LogP contribution in [0.25, 0.3) is 0 Å². The van der Waals surface area contributed by atoms with Crippen molar-refractivity contribution >= 4 is 5.82 Å². The third-order valence-electron chi connectivity index (χ3n) is 4.05. The van der Waals surface area contributed by atoms with Gasteiger partial charge in [0.25, 0.3) is 0 Å². The van der Waals surface area contributed by atoms with Crippen molar-refractivity contribution < 1.29 is 9.47 Å². The van der Waals surface area contributed by atoms with Gasteiger partial charge in [-0.2, -0.15) is 5.10 Å². The molecule has 2 heterocycles. The number of aromatic nitrogens is 2. The first-order valence-electron chi connectivity index (χ1n) is 7.03. The molecule has 5 nitrogen and oxygen atoms in total. The smallest absolute Gasteiger partial charge is 0.169 e. The molecule has 0 bridgehead atoms. The van der Waals surface area contributed by atoms with Crippen LogP contribution in [0.2, 0.25) is 0 Å². The van der Waals surface area contributed by atoms with E-state index in [0.29, 0.717) is 19.1 Å². The number of rotatable bonds is 1. The molecular formula is C14H23N3O2. The number of nitrogens with two attached hydrogens (primary N) is 1. The van der Waals surface area contributed by atoms with Gasteiger partial charge < -0.3 is 15.2 Å². The zero-order valence-electron chi connectivity index (χ0n) is 12.0. The molecule has 0 aromatic carbocycles. The molecule has 0 amide bonds.